The standard InChI is InChI=1S/C24H31Cl2N3O4S/c1-5-6-12-27-24(31)18(3)28(15-19-9-7-8-17(2)13-19)23(30)16-29(34(4,32)33)22-11-10-20(25)14-21(22)26/h7-11,13-14,18H,5-6,12,15-16H2,1-4H3,(H,27,31). The number of benzene rings is 2. The van der Waals surface area contributed by atoms with E-state index in [0.29, 0.717) is 11.6 Å². The first kappa shape index (κ1) is 28.0. The molecule has 0 spiro atoms. The molecule has 2 rings (SSSR count). The maximum Gasteiger partial charge on any atom is 0.244 e. The lowest BCUT2D eigenvalue weighted by Gasteiger charge is -2.31. The van der Waals surface area contributed by atoms with Gasteiger partial charge in [0.15, 0.2) is 0 Å². The first-order valence-electron chi connectivity index (χ1n) is 11.0. The van der Waals surface area contributed by atoms with E-state index in [4.69, 9.17) is 23.2 Å². The molecular formula is C24H31Cl2N3O4S. The molecule has 0 heterocycles. The third-order valence-electron chi connectivity index (χ3n) is 5.29. The van der Waals surface area contributed by atoms with Gasteiger partial charge < -0.3 is 10.2 Å². The van der Waals surface area contributed by atoms with Crippen molar-refractivity contribution in [2.45, 2.75) is 46.2 Å². The monoisotopic (exact) mass is 527 g/mol. The van der Waals surface area contributed by atoms with Crippen LogP contribution in [0.3, 0.4) is 0 Å². The summed E-state index contributed by atoms with van der Waals surface area (Å²) in [4.78, 5) is 27.7. The Balaban J connectivity index is 2.38. The number of carbonyl (C=O) groups is 2. The number of nitrogens with zero attached hydrogens (tertiary/aromatic N) is 2. The second kappa shape index (κ2) is 12.4. The Morgan fingerprint density at radius 1 is 1.12 bits per heavy atom. The van der Waals surface area contributed by atoms with Gasteiger partial charge in [0.25, 0.3) is 0 Å². The number of aryl methyl sites for hydroxylation is 1. The highest BCUT2D eigenvalue weighted by Crippen LogP contribution is 2.30. The van der Waals surface area contributed by atoms with Crippen molar-refractivity contribution in [2.75, 3.05) is 23.7 Å². The maximum absolute atomic E-state index is 13.5. The second-order valence-corrected chi connectivity index (χ2v) is 10.9. The third-order valence-corrected chi connectivity index (χ3v) is 6.95. The lowest BCUT2D eigenvalue weighted by Crippen LogP contribution is -2.51. The average Bonchev–Trinajstić information content (AvgIpc) is 2.75. The van der Waals surface area contributed by atoms with Gasteiger partial charge in [-0.25, -0.2) is 8.42 Å². The number of anilines is 1. The van der Waals surface area contributed by atoms with Crippen LogP contribution in [-0.2, 0) is 26.2 Å². The summed E-state index contributed by atoms with van der Waals surface area (Å²) in [6.45, 7) is 5.72. The molecule has 2 aromatic carbocycles. The lowest BCUT2D eigenvalue weighted by molar-refractivity contribution is -0.139. The predicted molar refractivity (Wildman–Crippen MR) is 138 cm³/mol. The Morgan fingerprint density at radius 2 is 1.82 bits per heavy atom. The van der Waals surface area contributed by atoms with Crippen LogP contribution in [0.4, 0.5) is 5.69 Å². The van der Waals surface area contributed by atoms with Crippen molar-refractivity contribution in [3.8, 4) is 0 Å². The molecule has 186 valence electrons. The quantitative estimate of drug-likeness (QED) is 0.438. The van der Waals surface area contributed by atoms with Crippen LogP contribution in [-0.4, -0.2) is 50.5 Å². The predicted octanol–water partition coefficient (Wildman–Crippen LogP) is 4.40. The Bertz CT molecular complexity index is 1120. The van der Waals surface area contributed by atoms with E-state index in [1.165, 1.54) is 23.1 Å². The van der Waals surface area contributed by atoms with Crippen LogP contribution in [0, 0.1) is 6.92 Å². The minimum atomic E-state index is -3.87. The molecule has 0 aliphatic carbocycles. The van der Waals surface area contributed by atoms with Gasteiger partial charge in [0.1, 0.15) is 12.6 Å². The van der Waals surface area contributed by atoms with Gasteiger partial charge in [-0.1, -0.05) is 66.4 Å². The van der Waals surface area contributed by atoms with Crippen molar-refractivity contribution < 1.29 is 18.0 Å². The van der Waals surface area contributed by atoms with Gasteiger partial charge in [0.2, 0.25) is 21.8 Å². The summed E-state index contributed by atoms with van der Waals surface area (Å²) in [6, 6.07) is 11.1. The van der Waals surface area contributed by atoms with E-state index < -0.39 is 28.5 Å². The van der Waals surface area contributed by atoms with E-state index in [1.54, 1.807) is 6.92 Å². The molecule has 1 atom stereocenters. The number of carbonyl (C=O) groups excluding carboxylic acids is 2. The van der Waals surface area contributed by atoms with Crippen LogP contribution in [0.25, 0.3) is 0 Å². The van der Waals surface area contributed by atoms with E-state index in [2.05, 4.69) is 5.32 Å². The summed E-state index contributed by atoms with van der Waals surface area (Å²) in [5.74, 6) is -0.832. The van der Waals surface area contributed by atoms with Crippen molar-refractivity contribution in [1.29, 1.82) is 0 Å². The van der Waals surface area contributed by atoms with Gasteiger partial charge >= 0.3 is 0 Å². The largest absolute Gasteiger partial charge is 0.354 e. The van der Waals surface area contributed by atoms with Gasteiger partial charge in [0.05, 0.1) is 17.0 Å². The first-order chi connectivity index (χ1) is 15.9. The van der Waals surface area contributed by atoms with Crippen molar-refractivity contribution in [3.05, 3.63) is 63.6 Å². The number of sulfonamides is 1. The summed E-state index contributed by atoms with van der Waals surface area (Å²) in [7, 11) is -3.87. The Hall–Kier alpha value is -2.29. The Morgan fingerprint density at radius 3 is 2.41 bits per heavy atom. The highest BCUT2D eigenvalue weighted by molar-refractivity contribution is 7.92. The topological polar surface area (TPSA) is 86.8 Å². The summed E-state index contributed by atoms with van der Waals surface area (Å²) in [5.41, 5.74) is 1.98. The third kappa shape index (κ3) is 7.89. The second-order valence-electron chi connectivity index (χ2n) is 8.20. The van der Waals surface area contributed by atoms with Gasteiger partial charge in [-0.05, 0) is 44.0 Å². The average molecular weight is 529 g/mol. The Kier molecular flexibility index (Phi) is 10.2. The van der Waals surface area contributed by atoms with Crippen molar-refractivity contribution in [1.82, 2.24) is 10.2 Å². The van der Waals surface area contributed by atoms with Crippen molar-refractivity contribution >= 4 is 50.7 Å². The normalized spacial score (nSPS) is 12.2. The van der Waals surface area contributed by atoms with Gasteiger partial charge in [-0.15, -0.1) is 0 Å². The number of nitrogens with one attached hydrogen (secondary N) is 1. The fourth-order valence-electron chi connectivity index (χ4n) is 3.40. The Labute approximate surface area is 212 Å². The van der Waals surface area contributed by atoms with Crippen LogP contribution >= 0.6 is 23.2 Å². The van der Waals surface area contributed by atoms with E-state index in [1.807, 2.05) is 38.1 Å². The molecule has 2 aromatic rings. The zero-order valence-electron chi connectivity index (χ0n) is 19.8. The number of rotatable bonds is 11. The van der Waals surface area contributed by atoms with Crippen LogP contribution in [0.15, 0.2) is 42.5 Å². The highest BCUT2D eigenvalue weighted by Gasteiger charge is 2.30. The molecule has 1 unspecified atom stereocenters. The molecule has 2 amide bonds. The molecule has 0 aliphatic rings. The number of halogens is 2. The molecule has 0 aromatic heterocycles. The number of unbranched alkanes of at least 4 members (excludes halogenated alkanes) is 1. The molecule has 0 fully saturated rings. The molecule has 0 saturated heterocycles. The van der Waals surface area contributed by atoms with Crippen LogP contribution in [0.1, 0.15) is 37.8 Å². The minimum Gasteiger partial charge on any atom is -0.354 e. The zero-order chi connectivity index (χ0) is 25.5. The van der Waals surface area contributed by atoms with Crippen molar-refractivity contribution in [2.24, 2.45) is 0 Å². The van der Waals surface area contributed by atoms with Crippen LogP contribution in [0.2, 0.25) is 10.0 Å². The summed E-state index contributed by atoms with van der Waals surface area (Å²) < 4.78 is 26.1. The zero-order valence-corrected chi connectivity index (χ0v) is 22.2. The smallest absolute Gasteiger partial charge is 0.244 e. The first-order valence-corrected chi connectivity index (χ1v) is 13.6. The van der Waals surface area contributed by atoms with Crippen LogP contribution in [0.5, 0.6) is 0 Å². The molecule has 0 bridgehead atoms. The number of hydrogen-bond acceptors (Lipinski definition) is 4. The molecule has 10 heteroatoms. The summed E-state index contributed by atoms with van der Waals surface area (Å²) in [6.07, 6.45) is 2.74. The van der Waals surface area contributed by atoms with E-state index in [-0.39, 0.29) is 23.2 Å². The summed E-state index contributed by atoms with van der Waals surface area (Å²) in [5, 5.41) is 3.28. The van der Waals surface area contributed by atoms with Gasteiger partial charge in [-0.2, -0.15) is 0 Å². The highest BCUT2D eigenvalue weighted by atomic mass is 35.5. The fraction of sp³-hybridized carbons (Fsp3) is 0.417. The minimum absolute atomic E-state index is 0.0984. The van der Waals surface area contributed by atoms with E-state index in [9.17, 15) is 18.0 Å². The van der Waals surface area contributed by atoms with Gasteiger partial charge in [0, 0.05) is 18.1 Å². The molecule has 7 nitrogen and oxygen atoms in total. The number of amides is 2. The van der Waals surface area contributed by atoms with Crippen LogP contribution < -0.4 is 9.62 Å². The molecule has 34 heavy (non-hydrogen) atoms. The molecule has 0 radical (unpaired) electrons. The van der Waals surface area contributed by atoms with Gasteiger partial charge in [-0.3, -0.25) is 13.9 Å². The van der Waals surface area contributed by atoms with E-state index >= 15 is 0 Å². The SMILES string of the molecule is CCCCNC(=O)C(C)N(Cc1cccc(C)c1)C(=O)CN(c1ccc(Cl)cc1Cl)S(C)(=O)=O. The van der Waals surface area contributed by atoms with Crippen molar-refractivity contribution in [3.63, 3.8) is 0 Å². The fourth-order valence-corrected chi connectivity index (χ4v) is 4.83. The molecule has 0 aliphatic heterocycles. The molecule has 0 saturated carbocycles. The number of hydrogen-bond donors (Lipinski definition) is 1. The molecular weight excluding hydrogens is 497 g/mol. The van der Waals surface area contributed by atoms with E-state index in [0.717, 1.165) is 34.5 Å². The lowest BCUT2D eigenvalue weighted by atomic mass is 10.1. The summed E-state index contributed by atoms with van der Waals surface area (Å²) >= 11 is 12.2. The molecule has 1 N–H and O–H groups in total. The maximum atomic E-state index is 13.5.